The molecule has 14 heavy (non-hydrogen) atoms. The van der Waals surface area contributed by atoms with Crippen LogP contribution in [0.4, 0.5) is 0 Å². The molecule has 3 heteroatoms. The quantitative estimate of drug-likeness (QED) is 0.633. The summed E-state index contributed by atoms with van der Waals surface area (Å²) in [5.41, 5.74) is 0. The van der Waals surface area contributed by atoms with Gasteiger partial charge < -0.3 is 4.90 Å². The van der Waals surface area contributed by atoms with E-state index in [1.54, 1.807) is 0 Å². The Balaban J connectivity index is 1.85. The Bertz CT molecular complexity index is 171. The monoisotopic (exact) mass is 212 g/mol. The number of nitrogens with zero attached hydrogens (tertiary/aromatic N) is 2. The lowest BCUT2D eigenvalue weighted by atomic mass is 10.1. The van der Waals surface area contributed by atoms with E-state index in [9.17, 15) is 0 Å². The van der Waals surface area contributed by atoms with Gasteiger partial charge in [-0.15, -0.1) is 0 Å². The Morgan fingerprint density at radius 1 is 1.14 bits per heavy atom. The molecule has 1 rings (SSSR count). The summed E-state index contributed by atoms with van der Waals surface area (Å²) in [5.74, 6) is 2.40. The van der Waals surface area contributed by atoms with Gasteiger partial charge in [-0.1, -0.05) is 6.42 Å². The summed E-state index contributed by atoms with van der Waals surface area (Å²) in [7, 11) is 0. The second kappa shape index (κ2) is 8.14. The van der Waals surface area contributed by atoms with Gasteiger partial charge in [-0.05, 0) is 38.1 Å². The van der Waals surface area contributed by atoms with Crippen molar-refractivity contribution in [1.82, 2.24) is 4.90 Å². The second-order valence-electron chi connectivity index (χ2n) is 3.78. The van der Waals surface area contributed by atoms with Crippen molar-refractivity contribution < 1.29 is 0 Å². The predicted octanol–water partition coefficient (Wildman–Crippen LogP) is 2.51. The van der Waals surface area contributed by atoms with Crippen molar-refractivity contribution in [3.63, 3.8) is 0 Å². The van der Waals surface area contributed by atoms with Crippen LogP contribution in [0.1, 0.15) is 32.1 Å². The Labute approximate surface area is 91.7 Å². The number of thioether (sulfide) groups is 1. The van der Waals surface area contributed by atoms with E-state index >= 15 is 0 Å². The van der Waals surface area contributed by atoms with E-state index in [2.05, 4.69) is 11.0 Å². The fourth-order valence-electron chi connectivity index (χ4n) is 1.73. The summed E-state index contributed by atoms with van der Waals surface area (Å²) in [6.07, 6.45) is 5.97. The van der Waals surface area contributed by atoms with Crippen molar-refractivity contribution in [1.29, 1.82) is 5.26 Å². The highest BCUT2D eigenvalue weighted by atomic mass is 32.2. The smallest absolute Gasteiger partial charge is 0.0622 e. The van der Waals surface area contributed by atoms with Gasteiger partial charge in [0.25, 0.3) is 0 Å². The van der Waals surface area contributed by atoms with Gasteiger partial charge in [-0.3, -0.25) is 0 Å². The molecule has 80 valence electrons. The van der Waals surface area contributed by atoms with E-state index in [0.29, 0.717) is 0 Å². The number of likely N-dealkylation sites (tertiary alicyclic amines) is 1. The van der Waals surface area contributed by atoms with Crippen LogP contribution in [0, 0.1) is 11.3 Å². The Morgan fingerprint density at radius 2 is 1.93 bits per heavy atom. The molecule has 0 amide bonds. The van der Waals surface area contributed by atoms with E-state index in [1.165, 1.54) is 44.6 Å². The average molecular weight is 212 g/mol. The van der Waals surface area contributed by atoms with Crippen LogP contribution in [0.25, 0.3) is 0 Å². The number of hydrogen-bond donors (Lipinski definition) is 0. The third-order valence-corrected chi connectivity index (χ3v) is 3.63. The minimum Gasteiger partial charge on any atom is -0.303 e. The third-order valence-electron chi connectivity index (χ3n) is 2.58. The van der Waals surface area contributed by atoms with Crippen molar-refractivity contribution in [3.05, 3.63) is 0 Å². The number of unbranched alkanes of at least 4 members (excludes halogenated alkanes) is 1. The fraction of sp³-hybridized carbons (Fsp3) is 0.909. The highest BCUT2D eigenvalue weighted by molar-refractivity contribution is 7.99. The molecular formula is C11H20N2S. The van der Waals surface area contributed by atoms with Crippen LogP contribution in [-0.2, 0) is 0 Å². The zero-order chi connectivity index (χ0) is 10.1. The molecule has 0 radical (unpaired) electrons. The molecule has 0 aromatic rings. The van der Waals surface area contributed by atoms with E-state index < -0.39 is 0 Å². The number of rotatable bonds is 6. The summed E-state index contributed by atoms with van der Waals surface area (Å²) in [6.45, 7) is 3.86. The maximum Gasteiger partial charge on any atom is 0.0622 e. The third kappa shape index (κ3) is 5.51. The standard InChI is InChI=1S/C11H20N2S/c12-6-2-5-10-14-11-9-13-7-3-1-4-8-13/h1-5,7-11H2. The lowest BCUT2D eigenvalue weighted by Gasteiger charge is -2.25. The van der Waals surface area contributed by atoms with Crippen molar-refractivity contribution in [2.24, 2.45) is 0 Å². The van der Waals surface area contributed by atoms with Crippen LogP contribution in [0.5, 0.6) is 0 Å². The first-order chi connectivity index (χ1) is 6.93. The van der Waals surface area contributed by atoms with Crippen molar-refractivity contribution in [2.45, 2.75) is 32.1 Å². The van der Waals surface area contributed by atoms with Gasteiger partial charge in [0.2, 0.25) is 0 Å². The van der Waals surface area contributed by atoms with Crippen LogP contribution < -0.4 is 0 Å². The normalized spacial score (nSPS) is 17.9. The zero-order valence-electron chi connectivity index (χ0n) is 8.87. The molecule has 1 heterocycles. The van der Waals surface area contributed by atoms with Crippen LogP contribution in [0.15, 0.2) is 0 Å². The Kier molecular flexibility index (Phi) is 6.90. The summed E-state index contributed by atoms with van der Waals surface area (Å²) >= 11 is 1.99. The molecule has 0 saturated carbocycles. The van der Waals surface area contributed by atoms with Crippen molar-refractivity contribution in [2.75, 3.05) is 31.1 Å². The lowest BCUT2D eigenvalue weighted by Crippen LogP contribution is -2.31. The minimum atomic E-state index is 0.719. The van der Waals surface area contributed by atoms with Gasteiger partial charge in [-0.2, -0.15) is 17.0 Å². The van der Waals surface area contributed by atoms with Gasteiger partial charge in [0.1, 0.15) is 0 Å². The summed E-state index contributed by atoms with van der Waals surface area (Å²) in [5, 5.41) is 8.36. The number of piperidine rings is 1. The summed E-state index contributed by atoms with van der Waals surface area (Å²) in [4.78, 5) is 2.57. The molecule has 0 spiro atoms. The topological polar surface area (TPSA) is 27.0 Å². The van der Waals surface area contributed by atoms with Crippen molar-refractivity contribution >= 4 is 11.8 Å². The summed E-state index contributed by atoms with van der Waals surface area (Å²) < 4.78 is 0. The molecule has 0 N–H and O–H groups in total. The van der Waals surface area contributed by atoms with Gasteiger partial charge in [0.05, 0.1) is 6.07 Å². The average Bonchev–Trinajstić information content (AvgIpc) is 2.25. The SMILES string of the molecule is N#CCCCSCCN1CCCCC1. The number of hydrogen-bond acceptors (Lipinski definition) is 3. The molecule has 0 aliphatic carbocycles. The van der Waals surface area contributed by atoms with Gasteiger partial charge in [0, 0.05) is 18.7 Å². The van der Waals surface area contributed by atoms with Crippen LogP contribution in [0.2, 0.25) is 0 Å². The molecule has 1 aliphatic rings. The first-order valence-corrected chi connectivity index (χ1v) is 6.76. The van der Waals surface area contributed by atoms with E-state index in [4.69, 9.17) is 5.26 Å². The zero-order valence-corrected chi connectivity index (χ0v) is 9.69. The van der Waals surface area contributed by atoms with E-state index in [1.807, 2.05) is 11.8 Å². The van der Waals surface area contributed by atoms with Gasteiger partial charge in [-0.25, -0.2) is 0 Å². The minimum absolute atomic E-state index is 0.719. The highest BCUT2D eigenvalue weighted by Crippen LogP contribution is 2.10. The predicted molar refractivity (Wildman–Crippen MR) is 62.5 cm³/mol. The largest absolute Gasteiger partial charge is 0.303 e. The Morgan fingerprint density at radius 3 is 2.64 bits per heavy atom. The maximum absolute atomic E-state index is 8.36. The van der Waals surface area contributed by atoms with Crippen LogP contribution in [0.3, 0.4) is 0 Å². The molecule has 0 aromatic heterocycles. The highest BCUT2D eigenvalue weighted by Gasteiger charge is 2.08. The van der Waals surface area contributed by atoms with Gasteiger partial charge in [0.15, 0.2) is 0 Å². The molecule has 1 saturated heterocycles. The second-order valence-corrected chi connectivity index (χ2v) is 5.00. The first-order valence-electron chi connectivity index (χ1n) is 5.60. The van der Waals surface area contributed by atoms with Crippen LogP contribution >= 0.6 is 11.8 Å². The van der Waals surface area contributed by atoms with E-state index in [0.717, 1.165) is 18.6 Å². The fourth-order valence-corrected chi connectivity index (χ4v) is 2.67. The molecule has 1 aliphatic heterocycles. The molecule has 0 unspecified atom stereocenters. The molecule has 0 atom stereocenters. The van der Waals surface area contributed by atoms with Crippen LogP contribution in [-0.4, -0.2) is 36.0 Å². The molecule has 0 bridgehead atoms. The summed E-state index contributed by atoms with van der Waals surface area (Å²) in [6, 6.07) is 2.18. The lowest BCUT2D eigenvalue weighted by molar-refractivity contribution is 0.242. The molecule has 1 fully saturated rings. The van der Waals surface area contributed by atoms with E-state index in [-0.39, 0.29) is 0 Å². The van der Waals surface area contributed by atoms with Crippen molar-refractivity contribution in [3.8, 4) is 6.07 Å². The first kappa shape index (κ1) is 11.9. The van der Waals surface area contributed by atoms with Gasteiger partial charge >= 0.3 is 0 Å². The molecular weight excluding hydrogens is 192 g/mol. The maximum atomic E-state index is 8.36. The molecule has 2 nitrogen and oxygen atoms in total. The Hall–Kier alpha value is -0.200. The number of nitriles is 1. The molecule has 0 aromatic carbocycles.